The molecule has 2 unspecified atom stereocenters. The zero-order valence-corrected chi connectivity index (χ0v) is 12.3. The van der Waals surface area contributed by atoms with Gasteiger partial charge in [0.1, 0.15) is 0 Å². The Kier molecular flexibility index (Phi) is 8.51. The van der Waals surface area contributed by atoms with E-state index in [0.29, 0.717) is 12.3 Å². The summed E-state index contributed by atoms with van der Waals surface area (Å²) in [7, 11) is 0. The lowest BCUT2D eigenvalue weighted by Gasteiger charge is -2.25. The van der Waals surface area contributed by atoms with E-state index >= 15 is 0 Å². The minimum absolute atomic E-state index is 0.148. The molecule has 1 fully saturated rings. The first-order valence-corrected chi connectivity index (χ1v) is 8.40. The molecular weight excluding hydrogens is 246 g/mol. The molecule has 0 radical (unpaired) electrons. The summed E-state index contributed by atoms with van der Waals surface area (Å²) < 4.78 is 0. The fraction of sp³-hybridized carbons (Fsp3) is 0.929. The molecule has 1 aliphatic rings. The molecule has 1 rings (SSSR count). The van der Waals surface area contributed by atoms with Crippen molar-refractivity contribution in [3.05, 3.63) is 0 Å². The first-order valence-electron chi connectivity index (χ1n) is 7.25. The van der Waals surface area contributed by atoms with Crippen molar-refractivity contribution in [1.82, 2.24) is 5.32 Å². The van der Waals surface area contributed by atoms with Gasteiger partial charge in [-0.25, -0.2) is 0 Å². The average Bonchev–Trinajstić information content (AvgIpc) is 2.36. The van der Waals surface area contributed by atoms with Crippen molar-refractivity contribution in [3.63, 3.8) is 0 Å². The van der Waals surface area contributed by atoms with Gasteiger partial charge in [-0.15, -0.1) is 0 Å². The van der Waals surface area contributed by atoms with Crippen LogP contribution in [0.2, 0.25) is 0 Å². The summed E-state index contributed by atoms with van der Waals surface area (Å²) in [6.07, 6.45) is 6.96. The van der Waals surface area contributed by atoms with Crippen molar-refractivity contribution in [2.75, 3.05) is 18.1 Å². The Hall–Kier alpha value is -0.220. The summed E-state index contributed by atoms with van der Waals surface area (Å²) >= 11 is 1.87. The van der Waals surface area contributed by atoms with E-state index in [1.54, 1.807) is 0 Å². The minimum atomic E-state index is -0.148. The van der Waals surface area contributed by atoms with E-state index in [0.717, 1.165) is 38.0 Å². The van der Waals surface area contributed by atoms with Gasteiger partial charge in [0.05, 0.1) is 6.10 Å². The van der Waals surface area contributed by atoms with Gasteiger partial charge in [-0.3, -0.25) is 4.79 Å². The number of unbranched alkanes of at least 4 members (excludes halogenated alkanes) is 1. The largest absolute Gasteiger partial charge is 0.393 e. The third kappa shape index (κ3) is 7.27. The predicted octanol–water partition coefficient (Wildman–Crippen LogP) is 2.58. The average molecular weight is 273 g/mol. The maximum atomic E-state index is 11.6. The van der Waals surface area contributed by atoms with Crippen molar-refractivity contribution in [1.29, 1.82) is 0 Å². The third-order valence-electron chi connectivity index (χ3n) is 3.46. The maximum absolute atomic E-state index is 11.6. The summed E-state index contributed by atoms with van der Waals surface area (Å²) in [5.41, 5.74) is 0. The Morgan fingerprint density at radius 2 is 2.22 bits per heavy atom. The van der Waals surface area contributed by atoms with Crippen LogP contribution in [-0.2, 0) is 4.79 Å². The molecule has 0 heterocycles. The molecule has 106 valence electrons. The van der Waals surface area contributed by atoms with E-state index in [4.69, 9.17) is 0 Å². The second kappa shape index (κ2) is 9.68. The zero-order valence-electron chi connectivity index (χ0n) is 11.5. The second-order valence-corrected chi connectivity index (χ2v) is 6.43. The van der Waals surface area contributed by atoms with Crippen LogP contribution in [0.1, 0.15) is 51.9 Å². The van der Waals surface area contributed by atoms with Crippen molar-refractivity contribution in [3.8, 4) is 0 Å². The Labute approximate surface area is 115 Å². The number of carbonyl (C=O) groups is 1. The number of rotatable bonds is 8. The predicted molar refractivity (Wildman–Crippen MR) is 77.8 cm³/mol. The van der Waals surface area contributed by atoms with Gasteiger partial charge in [-0.1, -0.05) is 19.8 Å². The molecule has 0 aromatic carbocycles. The van der Waals surface area contributed by atoms with Gasteiger partial charge in [0.25, 0.3) is 0 Å². The van der Waals surface area contributed by atoms with Crippen LogP contribution < -0.4 is 5.32 Å². The number of aliphatic hydroxyl groups excluding tert-OH is 1. The molecule has 1 aliphatic carbocycles. The van der Waals surface area contributed by atoms with Crippen LogP contribution in [0.4, 0.5) is 0 Å². The van der Waals surface area contributed by atoms with E-state index in [-0.39, 0.29) is 12.0 Å². The van der Waals surface area contributed by atoms with Crippen LogP contribution in [-0.4, -0.2) is 35.2 Å². The molecule has 4 heteroatoms. The van der Waals surface area contributed by atoms with Gasteiger partial charge in [-0.2, -0.15) is 11.8 Å². The highest BCUT2D eigenvalue weighted by Crippen LogP contribution is 2.23. The molecule has 0 aliphatic heterocycles. The quantitative estimate of drug-likeness (QED) is 0.668. The van der Waals surface area contributed by atoms with Gasteiger partial charge in [-0.05, 0) is 37.4 Å². The van der Waals surface area contributed by atoms with E-state index in [1.807, 2.05) is 11.8 Å². The smallest absolute Gasteiger partial charge is 0.220 e. The van der Waals surface area contributed by atoms with Crippen LogP contribution in [0.3, 0.4) is 0 Å². The highest BCUT2D eigenvalue weighted by Gasteiger charge is 2.20. The van der Waals surface area contributed by atoms with Gasteiger partial charge < -0.3 is 10.4 Å². The van der Waals surface area contributed by atoms with Crippen LogP contribution in [0.25, 0.3) is 0 Å². The number of hydrogen-bond donors (Lipinski definition) is 2. The first kappa shape index (κ1) is 15.8. The van der Waals surface area contributed by atoms with Crippen LogP contribution >= 0.6 is 11.8 Å². The third-order valence-corrected chi connectivity index (χ3v) is 4.53. The van der Waals surface area contributed by atoms with E-state index in [9.17, 15) is 9.90 Å². The molecule has 0 aromatic heterocycles. The normalized spacial score (nSPS) is 23.9. The van der Waals surface area contributed by atoms with Gasteiger partial charge in [0, 0.05) is 18.7 Å². The molecule has 0 aromatic rings. The summed E-state index contributed by atoms with van der Waals surface area (Å²) in [6.45, 7) is 2.93. The molecule has 3 nitrogen and oxygen atoms in total. The number of carbonyl (C=O) groups excluding carboxylic acids is 1. The van der Waals surface area contributed by atoms with Gasteiger partial charge >= 0.3 is 0 Å². The van der Waals surface area contributed by atoms with Crippen LogP contribution in [0.5, 0.6) is 0 Å². The van der Waals surface area contributed by atoms with Crippen molar-refractivity contribution in [2.24, 2.45) is 5.92 Å². The van der Waals surface area contributed by atoms with Gasteiger partial charge in [0.2, 0.25) is 5.91 Å². The Morgan fingerprint density at radius 1 is 1.39 bits per heavy atom. The highest BCUT2D eigenvalue weighted by molar-refractivity contribution is 7.99. The molecule has 2 atom stereocenters. The molecule has 0 saturated heterocycles. The molecule has 0 bridgehead atoms. The molecule has 2 N–H and O–H groups in total. The zero-order chi connectivity index (χ0) is 13.2. The monoisotopic (exact) mass is 273 g/mol. The van der Waals surface area contributed by atoms with Gasteiger partial charge in [0.15, 0.2) is 0 Å². The summed E-state index contributed by atoms with van der Waals surface area (Å²) in [6, 6.07) is 0. The first-order chi connectivity index (χ1) is 8.72. The van der Waals surface area contributed by atoms with E-state index in [1.165, 1.54) is 18.6 Å². The van der Waals surface area contributed by atoms with E-state index in [2.05, 4.69) is 12.2 Å². The summed E-state index contributed by atoms with van der Waals surface area (Å²) in [5, 5.41) is 12.6. The highest BCUT2D eigenvalue weighted by atomic mass is 32.2. The summed E-state index contributed by atoms with van der Waals surface area (Å²) in [4.78, 5) is 11.6. The lowest BCUT2D eigenvalue weighted by atomic mass is 9.87. The molecule has 1 amide bonds. The molecular formula is C14H27NO2S. The van der Waals surface area contributed by atoms with Crippen LogP contribution in [0.15, 0.2) is 0 Å². The maximum Gasteiger partial charge on any atom is 0.220 e. The van der Waals surface area contributed by atoms with Crippen LogP contribution in [0, 0.1) is 5.92 Å². The molecule has 0 spiro atoms. The number of hydrogen-bond acceptors (Lipinski definition) is 3. The van der Waals surface area contributed by atoms with Crippen molar-refractivity contribution < 1.29 is 9.90 Å². The Morgan fingerprint density at radius 3 is 2.94 bits per heavy atom. The van der Waals surface area contributed by atoms with Crippen molar-refractivity contribution in [2.45, 2.75) is 58.0 Å². The topological polar surface area (TPSA) is 49.3 Å². The lowest BCUT2D eigenvalue weighted by molar-refractivity contribution is -0.121. The summed E-state index contributed by atoms with van der Waals surface area (Å²) in [5.74, 6) is 2.74. The fourth-order valence-corrected chi connectivity index (χ4v) is 3.33. The number of amides is 1. The Balaban J connectivity index is 1.99. The van der Waals surface area contributed by atoms with E-state index < -0.39 is 0 Å². The van der Waals surface area contributed by atoms with Crippen molar-refractivity contribution >= 4 is 17.7 Å². The SMILES string of the molecule is CCCCSCCC(=O)NCC1CCCC(O)C1. The Bertz CT molecular complexity index is 236. The number of thioether (sulfide) groups is 1. The lowest BCUT2D eigenvalue weighted by Crippen LogP contribution is -2.33. The molecule has 18 heavy (non-hydrogen) atoms. The minimum Gasteiger partial charge on any atom is -0.393 e. The standard InChI is InChI=1S/C14H27NO2S/c1-2-3-8-18-9-7-14(17)15-11-12-5-4-6-13(16)10-12/h12-13,16H,2-11H2,1H3,(H,15,17). The fourth-order valence-electron chi connectivity index (χ4n) is 2.31. The second-order valence-electron chi connectivity index (χ2n) is 5.21. The number of nitrogens with one attached hydrogen (secondary N) is 1. The molecule has 1 saturated carbocycles. The number of aliphatic hydroxyl groups is 1.